The van der Waals surface area contributed by atoms with Crippen molar-refractivity contribution in [3.05, 3.63) is 0 Å². The van der Waals surface area contributed by atoms with Gasteiger partial charge in [-0.25, -0.2) is 27.4 Å². The second-order valence-corrected chi connectivity index (χ2v) is 15.0. The molecule has 1 fully saturated rings. The SMILES string of the molecule is COP(=O)(O)OC1C(OP(=O)(O)O)C(OP(=O)(O)O)C(OP(=O)(O)OC)C(OP(=O)(O)OC)C1OP(=O)(O)O. The summed E-state index contributed by atoms with van der Waals surface area (Å²) in [5.74, 6) is 0. The van der Waals surface area contributed by atoms with Crippen LogP contribution in [-0.4, -0.2) is 102 Å². The van der Waals surface area contributed by atoms with Gasteiger partial charge in [-0.1, -0.05) is 0 Å². The van der Waals surface area contributed by atoms with Gasteiger partial charge in [0.15, 0.2) is 0 Å². The van der Waals surface area contributed by atoms with E-state index in [4.69, 9.17) is 0 Å². The van der Waals surface area contributed by atoms with Crippen LogP contribution in [0.1, 0.15) is 0 Å². The Labute approximate surface area is 217 Å². The predicted molar refractivity (Wildman–Crippen MR) is 116 cm³/mol. The maximum atomic E-state index is 12.2. The average Bonchev–Trinajstić information content (AvgIpc) is 2.73. The summed E-state index contributed by atoms with van der Waals surface area (Å²) in [4.78, 5) is 85.6. The minimum absolute atomic E-state index is 0.512. The van der Waals surface area contributed by atoms with Gasteiger partial charge in [-0.3, -0.25) is 40.7 Å². The number of hydrogen-bond donors (Lipinski definition) is 9. The van der Waals surface area contributed by atoms with Crippen LogP contribution in [0.3, 0.4) is 0 Å². The van der Waals surface area contributed by atoms with Crippen molar-refractivity contribution < 1.29 is 112 Å². The van der Waals surface area contributed by atoms with Gasteiger partial charge in [0.1, 0.15) is 36.6 Å². The largest absolute Gasteiger partial charge is 0.472 e. The number of hydrogen-bond acceptors (Lipinski definition) is 15. The van der Waals surface area contributed by atoms with Gasteiger partial charge in [0.25, 0.3) is 0 Å². The van der Waals surface area contributed by atoms with E-state index >= 15 is 0 Å². The summed E-state index contributed by atoms with van der Waals surface area (Å²) in [6.45, 7) is 0. The van der Waals surface area contributed by atoms with E-state index in [2.05, 4.69) is 40.7 Å². The zero-order chi connectivity index (χ0) is 30.8. The van der Waals surface area contributed by atoms with Crippen molar-refractivity contribution in [1.29, 1.82) is 0 Å². The molecule has 0 saturated heterocycles. The predicted octanol–water partition coefficient (Wildman–Crippen LogP) is -1.17. The van der Waals surface area contributed by atoms with Crippen LogP contribution in [-0.2, 0) is 68.1 Å². The van der Waals surface area contributed by atoms with Gasteiger partial charge in [0, 0.05) is 21.3 Å². The lowest BCUT2D eigenvalue weighted by molar-refractivity contribution is -0.202. The second-order valence-electron chi connectivity index (χ2n) is 6.85. The zero-order valence-corrected chi connectivity index (χ0v) is 24.7. The highest BCUT2D eigenvalue weighted by Crippen LogP contribution is 2.59. The van der Waals surface area contributed by atoms with Crippen LogP contribution in [0.5, 0.6) is 0 Å². The van der Waals surface area contributed by atoms with Crippen molar-refractivity contribution in [2.45, 2.75) is 36.6 Å². The lowest BCUT2D eigenvalue weighted by Gasteiger charge is -2.48. The quantitative estimate of drug-likeness (QED) is 0.0907. The molecule has 234 valence electrons. The van der Waals surface area contributed by atoms with Crippen LogP contribution in [0.4, 0.5) is 0 Å². The van der Waals surface area contributed by atoms with Gasteiger partial charge in [0.2, 0.25) is 0 Å². The summed E-state index contributed by atoms with van der Waals surface area (Å²) in [5.41, 5.74) is 0. The summed E-state index contributed by atoms with van der Waals surface area (Å²) in [6.07, 6.45) is -17.5. The molecule has 24 nitrogen and oxygen atoms in total. The average molecular weight is 702 g/mol. The van der Waals surface area contributed by atoms with Crippen LogP contribution in [0.15, 0.2) is 0 Å². The molecular formula is C9H24O24P6. The smallest absolute Gasteiger partial charge is 0.303 e. The van der Waals surface area contributed by atoms with Crippen LogP contribution in [0, 0.1) is 0 Å². The molecule has 0 aromatic heterocycles. The third-order valence-electron chi connectivity index (χ3n) is 4.18. The van der Waals surface area contributed by atoms with E-state index < -0.39 is 83.6 Å². The normalized spacial score (nSPS) is 31.7. The first-order valence-electron chi connectivity index (χ1n) is 9.18. The van der Waals surface area contributed by atoms with Crippen molar-refractivity contribution in [3.63, 3.8) is 0 Å². The van der Waals surface area contributed by atoms with E-state index in [0.29, 0.717) is 21.3 Å². The van der Waals surface area contributed by atoms with Crippen molar-refractivity contribution in [3.8, 4) is 0 Å². The molecule has 0 spiro atoms. The maximum absolute atomic E-state index is 12.2. The topological polar surface area (TPSA) is 368 Å². The van der Waals surface area contributed by atoms with Crippen LogP contribution >= 0.6 is 46.9 Å². The van der Waals surface area contributed by atoms with Crippen LogP contribution in [0.2, 0.25) is 0 Å². The van der Waals surface area contributed by atoms with Crippen molar-refractivity contribution in [1.82, 2.24) is 0 Å². The zero-order valence-electron chi connectivity index (χ0n) is 19.3. The monoisotopic (exact) mass is 702 g/mol. The Morgan fingerprint density at radius 1 is 0.359 bits per heavy atom. The molecule has 0 aliphatic heterocycles. The molecule has 9 N–H and O–H groups in total. The highest BCUT2D eigenvalue weighted by Gasteiger charge is 2.63. The Morgan fingerprint density at radius 2 is 0.513 bits per heavy atom. The fraction of sp³-hybridized carbons (Fsp3) is 1.00. The summed E-state index contributed by atoms with van der Waals surface area (Å²) < 4.78 is 111. The van der Waals surface area contributed by atoms with Gasteiger partial charge < -0.3 is 44.0 Å². The highest BCUT2D eigenvalue weighted by atomic mass is 31.2. The van der Waals surface area contributed by atoms with Crippen molar-refractivity contribution >= 4 is 46.9 Å². The summed E-state index contributed by atoms with van der Waals surface area (Å²) in [5, 5.41) is 0. The molecule has 0 amide bonds. The standard InChI is InChI=1S/C9H24O24P6/c1-25-37(19,20)31-7-4(28-34(10,11)12)5(29-35(13,14)15)8(32-38(21,22)26-2)9(33-39(23,24)27-3)6(7)30-36(16,17)18/h4-9H,1-3H3,(H,19,20)(H,21,22)(H,23,24)(H2,10,11,12)(H2,13,14,15)(H2,16,17,18). The minimum Gasteiger partial charge on any atom is -0.303 e. The van der Waals surface area contributed by atoms with E-state index in [1.54, 1.807) is 0 Å². The first kappa shape index (κ1) is 37.7. The van der Waals surface area contributed by atoms with E-state index in [1.165, 1.54) is 0 Å². The fourth-order valence-corrected chi connectivity index (χ4v) is 6.48. The Balaban J connectivity index is 4.14. The fourth-order valence-electron chi connectivity index (χ4n) is 2.91. The number of phosphoric ester groups is 6. The van der Waals surface area contributed by atoms with Crippen LogP contribution in [0.25, 0.3) is 0 Å². The molecule has 0 heterocycles. The molecule has 1 rings (SSSR count). The molecule has 9 atom stereocenters. The van der Waals surface area contributed by atoms with Gasteiger partial charge >= 0.3 is 46.9 Å². The molecular weight excluding hydrogens is 678 g/mol. The summed E-state index contributed by atoms with van der Waals surface area (Å²) >= 11 is 0. The maximum Gasteiger partial charge on any atom is 0.472 e. The Morgan fingerprint density at radius 3 is 0.641 bits per heavy atom. The molecule has 39 heavy (non-hydrogen) atoms. The van der Waals surface area contributed by atoms with Crippen molar-refractivity contribution in [2.24, 2.45) is 0 Å². The van der Waals surface area contributed by atoms with E-state index in [-0.39, 0.29) is 0 Å². The summed E-state index contributed by atoms with van der Waals surface area (Å²) in [6, 6.07) is 0. The van der Waals surface area contributed by atoms with Gasteiger partial charge in [-0.15, -0.1) is 0 Å². The molecule has 30 heteroatoms. The third kappa shape index (κ3) is 12.8. The second kappa shape index (κ2) is 13.5. The molecule has 0 radical (unpaired) electrons. The Kier molecular flexibility index (Phi) is 13.1. The highest BCUT2D eigenvalue weighted by molar-refractivity contribution is 7.48. The van der Waals surface area contributed by atoms with Crippen LogP contribution < -0.4 is 0 Å². The van der Waals surface area contributed by atoms with E-state index in [1.807, 2.05) is 0 Å². The van der Waals surface area contributed by atoms with Gasteiger partial charge in [-0.2, -0.15) is 0 Å². The lowest BCUT2D eigenvalue weighted by atomic mass is 9.85. The molecule has 0 aromatic rings. The number of phosphoric acid groups is 6. The Hall–Kier alpha value is 0.660. The molecule has 1 aliphatic rings. The van der Waals surface area contributed by atoms with Gasteiger partial charge in [0.05, 0.1) is 0 Å². The van der Waals surface area contributed by atoms with E-state index in [0.717, 1.165) is 0 Å². The van der Waals surface area contributed by atoms with Crippen molar-refractivity contribution in [2.75, 3.05) is 21.3 Å². The molecule has 9 unspecified atom stereocenters. The summed E-state index contributed by atoms with van der Waals surface area (Å²) in [7, 11) is -32.7. The third-order valence-corrected chi connectivity index (χ3v) is 8.64. The first-order valence-corrected chi connectivity index (χ1v) is 18.3. The lowest BCUT2D eigenvalue weighted by Crippen LogP contribution is -2.66. The molecule has 1 aliphatic carbocycles. The molecule has 1 saturated carbocycles. The first-order chi connectivity index (χ1) is 17.3. The Bertz CT molecular complexity index is 1120. The minimum atomic E-state index is -5.94. The van der Waals surface area contributed by atoms with E-state index in [9.17, 15) is 71.4 Å². The molecule has 0 aromatic carbocycles. The number of rotatable bonds is 15. The molecule has 0 bridgehead atoms. The van der Waals surface area contributed by atoms with Gasteiger partial charge in [-0.05, 0) is 0 Å².